The van der Waals surface area contributed by atoms with Crippen molar-refractivity contribution in [3.8, 4) is 0 Å². The van der Waals surface area contributed by atoms with Crippen molar-refractivity contribution in [3.05, 3.63) is 18.6 Å². The first kappa shape index (κ1) is 15.2. The standard InChI is InChI=1S/C16H24N4O2/c1-2-14-12-20(9-10-22-14)16(21)13-3-7-19(8-4-13)15-11-17-5-6-18-15/h5-6,11,13-14H,2-4,7-10,12H2,1H3. The van der Waals surface area contributed by atoms with Gasteiger partial charge in [-0.25, -0.2) is 4.98 Å². The second-order valence-electron chi connectivity index (χ2n) is 6.01. The summed E-state index contributed by atoms with van der Waals surface area (Å²) < 4.78 is 5.65. The Labute approximate surface area is 131 Å². The van der Waals surface area contributed by atoms with E-state index in [1.165, 1.54) is 0 Å². The average Bonchev–Trinajstić information content (AvgIpc) is 2.62. The lowest BCUT2D eigenvalue weighted by Gasteiger charge is -2.37. The van der Waals surface area contributed by atoms with Crippen molar-refractivity contribution in [2.75, 3.05) is 37.7 Å². The normalized spacial score (nSPS) is 23.6. The minimum absolute atomic E-state index is 0.142. The second kappa shape index (κ2) is 7.05. The predicted molar refractivity (Wildman–Crippen MR) is 83.6 cm³/mol. The molecule has 3 rings (SSSR count). The van der Waals surface area contributed by atoms with Crippen LogP contribution in [0, 0.1) is 5.92 Å². The maximum absolute atomic E-state index is 12.7. The molecule has 0 radical (unpaired) electrons. The Balaban J connectivity index is 1.53. The van der Waals surface area contributed by atoms with Crippen molar-refractivity contribution in [1.29, 1.82) is 0 Å². The molecule has 0 aliphatic carbocycles. The van der Waals surface area contributed by atoms with Gasteiger partial charge in [0, 0.05) is 44.5 Å². The lowest BCUT2D eigenvalue weighted by Crippen LogP contribution is -2.49. The number of carbonyl (C=O) groups excluding carboxylic acids is 1. The van der Waals surface area contributed by atoms with Crippen LogP contribution >= 0.6 is 0 Å². The van der Waals surface area contributed by atoms with Gasteiger partial charge in [-0.05, 0) is 19.3 Å². The van der Waals surface area contributed by atoms with Crippen LogP contribution in [-0.2, 0) is 9.53 Å². The van der Waals surface area contributed by atoms with Crippen LogP contribution in [0.25, 0.3) is 0 Å². The average molecular weight is 304 g/mol. The first-order chi connectivity index (χ1) is 10.8. The van der Waals surface area contributed by atoms with Crippen molar-refractivity contribution in [1.82, 2.24) is 14.9 Å². The Morgan fingerprint density at radius 2 is 2.14 bits per heavy atom. The van der Waals surface area contributed by atoms with Crippen molar-refractivity contribution in [2.45, 2.75) is 32.3 Å². The Morgan fingerprint density at radius 3 is 2.82 bits per heavy atom. The largest absolute Gasteiger partial charge is 0.375 e. The molecular formula is C16H24N4O2. The van der Waals surface area contributed by atoms with Crippen molar-refractivity contribution >= 4 is 11.7 Å². The molecule has 2 saturated heterocycles. The fourth-order valence-electron chi connectivity index (χ4n) is 3.23. The fraction of sp³-hybridized carbons (Fsp3) is 0.688. The lowest BCUT2D eigenvalue weighted by molar-refractivity contribution is -0.143. The summed E-state index contributed by atoms with van der Waals surface area (Å²) in [6.07, 6.45) is 8.14. The molecule has 6 nitrogen and oxygen atoms in total. The zero-order valence-corrected chi connectivity index (χ0v) is 13.1. The van der Waals surface area contributed by atoms with E-state index in [9.17, 15) is 4.79 Å². The van der Waals surface area contributed by atoms with Gasteiger partial charge in [0.1, 0.15) is 5.82 Å². The highest BCUT2D eigenvalue weighted by molar-refractivity contribution is 5.79. The highest BCUT2D eigenvalue weighted by Crippen LogP contribution is 2.23. The van der Waals surface area contributed by atoms with E-state index >= 15 is 0 Å². The minimum Gasteiger partial charge on any atom is -0.375 e. The molecule has 1 unspecified atom stereocenters. The third kappa shape index (κ3) is 3.38. The molecule has 3 heterocycles. The summed E-state index contributed by atoms with van der Waals surface area (Å²) in [4.78, 5) is 25.3. The van der Waals surface area contributed by atoms with E-state index in [0.29, 0.717) is 12.5 Å². The Kier molecular flexibility index (Phi) is 4.87. The van der Waals surface area contributed by atoms with Gasteiger partial charge >= 0.3 is 0 Å². The highest BCUT2D eigenvalue weighted by Gasteiger charge is 2.31. The molecule has 2 aliphatic heterocycles. The monoisotopic (exact) mass is 304 g/mol. The van der Waals surface area contributed by atoms with Crippen LogP contribution in [0.15, 0.2) is 18.6 Å². The van der Waals surface area contributed by atoms with Gasteiger partial charge in [-0.15, -0.1) is 0 Å². The van der Waals surface area contributed by atoms with Crippen LogP contribution in [0.2, 0.25) is 0 Å². The number of rotatable bonds is 3. The second-order valence-corrected chi connectivity index (χ2v) is 6.01. The molecule has 0 saturated carbocycles. The molecule has 1 atom stereocenters. The number of piperidine rings is 1. The van der Waals surface area contributed by atoms with E-state index < -0.39 is 0 Å². The van der Waals surface area contributed by atoms with Gasteiger partial charge in [0.2, 0.25) is 5.91 Å². The number of hydrogen-bond acceptors (Lipinski definition) is 5. The zero-order valence-electron chi connectivity index (χ0n) is 13.1. The van der Waals surface area contributed by atoms with Crippen LogP contribution in [0.4, 0.5) is 5.82 Å². The van der Waals surface area contributed by atoms with E-state index in [1.807, 2.05) is 4.90 Å². The smallest absolute Gasteiger partial charge is 0.225 e. The third-order valence-corrected chi connectivity index (χ3v) is 4.62. The van der Waals surface area contributed by atoms with Gasteiger partial charge in [0.25, 0.3) is 0 Å². The van der Waals surface area contributed by atoms with Crippen molar-refractivity contribution in [3.63, 3.8) is 0 Å². The van der Waals surface area contributed by atoms with E-state index in [-0.39, 0.29) is 12.0 Å². The van der Waals surface area contributed by atoms with Gasteiger partial charge in [-0.3, -0.25) is 9.78 Å². The summed E-state index contributed by atoms with van der Waals surface area (Å²) in [6.45, 7) is 6.01. The fourth-order valence-corrected chi connectivity index (χ4v) is 3.23. The van der Waals surface area contributed by atoms with Gasteiger partial charge in [0.05, 0.1) is 18.9 Å². The molecule has 1 amide bonds. The summed E-state index contributed by atoms with van der Waals surface area (Å²) in [7, 11) is 0. The van der Waals surface area contributed by atoms with Crippen molar-refractivity contribution in [2.24, 2.45) is 5.92 Å². The third-order valence-electron chi connectivity index (χ3n) is 4.62. The maximum atomic E-state index is 12.7. The molecule has 1 aromatic heterocycles. The number of anilines is 1. The SMILES string of the molecule is CCC1CN(C(=O)C2CCN(c3cnccn3)CC2)CCO1. The summed E-state index contributed by atoms with van der Waals surface area (Å²) >= 11 is 0. The van der Waals surface area contributed by atoms with Crippen LogP contribution in [0.1, 0.15) is 26.2 Å². The van der Waals surface area contributed by atoms with Gasteiger partial charge in [0.15, 0.2) is 0 Å². The molecule has 2 fully saturated rings. The molecule has 0 aromatic carbocycles. The summed E-state index contributed by atoms with van der Waals surface area (Å²) in [5, 5.41) is 0. The number of nitrogens with zero attached hydrogens (tertiary/aromatic N) is 4. The molecule has 6 heteroatoms. The van der Waals surface area contributed by atoms with Crippen molar-refractivity contribution < 1.29 is 9.53 Å². The number of hydrogen-bond donors (Lipinski definition) is 0. The topological polar surface area (TPSA) is 58.6 Å². The van der Waals surface area contributed by atoms with Crippen LogP contribution in [0.3, 0.4) is 0 Å². The summed E-state index contributed by atoms with van der Waals surface area (Å²) in [5.41, 5.74) is 0. The number of morpholine rings is 1. The van der Waals surface area contributed by atoms with Crippen LogP contribution in [0.5, 0.6) is 0 Å². The Hall–Kier alpha value is -1.69. The number of ether oxygens (including phenoxy) is 1. The summed E-state index contributed by atoms with van der Waals surface area (Å²) in [6, 6.07) is 0. The Morgan fingerprint density at radius 1 is 1.32 bits per heavy atom. The number of aromatic nitrogens is 2. The van der Waals surface area contributed by atoms with Crippen LogP contribution in [-0.4, -0.2) is 59.7 Å². The van der Waals surface area contributed by atoms with Crippen LogP contribution < -0.4 is 4.90 Å². The summed E-state index contributed by atoms with van der Waals surface area (Å²) in [5.74, 6) is 1.36. The molecule has 2 aliphatic rings. The lowest BCUT2D eigenvalue weighted by atomic mass is 9.95. The van der Waals surface area contributed by atoms with E-state index in [2.05, 4.69) is 21.8 Å². The molecule has 0 spiro atoms. The van der Waals surface area contributed by atoms with E-state index in [0.717, 1.165) is 51.3 Å². The maximum Gasteiger partial charge on any atom is 0.225 e. The predicted octanol–water partition coefficient (Wildman–Crippen LogP) is 1.33. The van der Waals surface area contributed by atoms with E-state index in [1.54, 1.807) is 18.6 Å². The molecule has 0 N–H and O–H groups in total. The first-order valence-corrected chi connectivity index (χ1v) is 8.19. The van der Waals surface area contributed by atoms with Gasteiger partial charge < -0.3 is 14.5 Å². The number of amides is 1. The minimum atomic E-state index is 0.142. The van der Waals surface area contributed by atoms with E-state index in [4.69, 9.17) is 4.74 Å². The molecule has 1 aromatic rings. The zero-order chi connectivity index (χ0) is 15.4. The quantitative estimate of drug-likeness (QED) is 0.843. The molecule has 0 bridgehead atoms. The first-order valence-electron chi connectivity index (χ1n) is 8.19. The van der Waals surface area contributed by atoms with Gasteiger partial charge in [-0.1, -0.05) is 6.92 Å². The molecular weight excluding hydrogens is 280 g/mol. The number of carbonyl (C=O) groups is 1. The van der Waals surface area contributed by atoms with Gasteiger partial charge in [-0.2, -0.15) is 0 Å². The Bertz CT molecular complexity index is 488. The highest BCUT2D eigenvalue weighted by atomic mass is 16.5. The molecule has 120 valence electrons. The molecule has 22 heavy (non-hydrogen) atoms.